The molecular formula is C16H22ClN5O. The normalized spacial score (nSPS) is 11.3. The van der Waals surface area contributed by atoms with Gasteiger partial charge in [-0.05, 0) is 37.1 Å². The van der Waals surface area contributed by atoms with Gasteiger partial charge in [-0.15, -0.1) is 0 Å². The molecule has 0 spiro atoms. The van der Waals surface area contributed by atoms with Crippen LogP contribution in [0.3, 0.4) is 0 Å². The molecule has 0 aliphatic carbocycles. The van der Waals surface area contributed by atoms with Crippen molar-refractivity contribution >= 4 is 17.6 Å². The Balaban J connectivity index is 1.87. The van der Waals surface area contributed by atoms with Crippen molar-refractivity contribution in [2.75, 3.05) is 20.2 Å². The third-order valence-electron chi connectivity index (χ3n) is 3.26. The number of nitrogens with one attached hydrogen (secondary N) is 3. The second kappa shape index (κ2) is 9.05. The van der Waals surface area contributed by atoms with Crippen molar-refractivity contribution in [1.29, 1.82) is 0 Å². The molecule has 0 unspecified atom stereocenters. The predicted molar refractivity (Wildman–Crippen MR) is 93.1 cm³/mol. The highest BCUT2D eigenvalue weighted by Gasteiger charge is 2.03. The fourth-order valence-electron chi connectivity index (χ4n) is 2.05. The van der Waals surface area contributed by atoms with Gasteiger partial charge in [0.2, 0.25) is 0 Å². The molecule has 1 heterocycles. The Hall–Kier alpha value is -2.21. The average Bonchev–Trinajstić information content (AvgIpc) is 3.07. The smallest absolute Gasteiger partial charge is 0.191 e. The van der Waals surface area contributed by atoms with E-state index in [1.807, 2.05) is 31.2 Å². The molecular weight excluding hydrogens is 314 g/mol. The molecule has 0 aliphatic rings. The Morgan fingerprint density at radius 1 is 1.35 bits per heavy atom. The zero-order valence-corrected chi connectivity index (χ0v) is 14.2. The van der Waals surface area contributed by atoms with Gasteiger partial charge in [0, 0.05) is 24.3 Å². The van der Waals surface area contributed by atoms with Crippen LogP contribution in [0.5, 0.6) is 5.75 Å². The van der Waals surface area contributed by atoms with E-state index in [4.69, 9.17) is 16.3 Å². The topological polar surface area (TPSA) is 74.3 Å². The van der Waals surface area contributed by atoms with Gasteiger partial charge in [0.1, 0.15) is 5.75 Å². The molecule has 0 saturated carbocycles. The maximum Gasteiger partial charge on any atom is 0.191 e. The summed E-state index contributed by atoms with van der Waals surface area (Å²) in [6, 6.07) is 7.63. The van der Waals surface area contributed by atoms with Crippen LogP contribution in [0.2, 0.25) is 5.02 Å². The molecule has 124 valence electrons. The molecule has 2 rings (SSSR count). The molecule has 7 heteroatoms. The molecule has 3 N–H and O–H groups in total. The number of nitrogens with zero attached hydrogens (tertiary/aromatic N) is 2. The molecule has 6 nitrogen and oxygen atoms in total. The fraction of sp³-hybridized carbons (Fsp3) is 0.375. The van der Waals surface area contributed by atoms with Gasteiger partial charge in [-0.25, -0.2) is 4.99 Å². The molecule has 1 aromatic heterocycles. The first-order valence-electron chi connectivity index (χ1n) is 7.55. The van der Waals surface area contributed by atoms with Crippen LogP contribution in [-0.2, 0) is 13.0 Å². The van der Waals surface area contributed by atoms with Crippen LogP contribution in [0.1, 0.15) is 18.2 Å². The first-order valence-corrected chi connectivity index (χ1v) is 7.93. The van der Waals surface area contributed by atoms with E-state index in [2.05, 4.69) is 25.8 Å². The van der Waals surface area contributed by atoms with Crippen molar-refractivity contribution in [3.63, 3.8) is 0 Å². The highest BCUT2D eigenvalue weighted by atomic mass is 35.5. The van der Waals surface area contributed by atoms with Crippen molar-refractivity contribution in [3.8, 4) is 5.75 Å². The Labute approximate surface area is 141 Å². The van der Waals surface area contributed by atoms with Crippen LogP contribution in [-0.4, -0.2) is 36.4 Å². The highest BCUT2D eigenvalue weighted by molar-refractivity contribution is 6.31. The number of rotatable bonds is 7. The Morgan fingerprint density at radius 2 is 2.22 bits per heavy atom. The van der Waals surface area contributed by atoms with Gasteiger partial charge in [0.05, 0.1) is 19.3 Å². The highest BCUT2D eigenvalue weighted by Crippen LogP contribution is 2.22. The van der Waals surface area contributed by atoms with Gasteiger partial charge in [-0.1, -0.05) is 17.7 Å². The lowest BCUT2D eigenvalue weighted by atomic mass is 10.1. The molecule has 0 saturated heterocycles. The predicted octanol–water partition coefficient (Wildman–Crippen LogP) is 2.37. The number of hydrogen-bond acceptors (Lipinski definition) is 3. The summed E-state index contributed by atoms with van der Waals surface area (Å²) in [5.74, 6) is 1.54. The zero-order valence-electron chi connectivity index (χ0n) is 13.4. The lowest BCUT2D eigenvalue weighted by molar-refractivity contribution is 0.414. The molecule has 0 atom stereocenters. The molecule has 23 heavy (non-hydrogen) atoms. The number of aromatic nitrogens is 2. The van der Waals surface area contributed by atoms with E-state index < -0.39 is 0 Å². The lowest BCUT2D eigenvalue weighted by Crippen LogP contribution is -2.38. The number of methoxy groups -OCH3 is 1. The molecule has 0 fully saturated rings. The summed E-state index contributed by atoms with van der Waals surface area (Å²) in [4.78, 5) is 4.51. The van der Waals surface area contributed by atoms with Crippen molar-refractivity contribution in [1.82, 2.24) is 20.8 Å². The van der Waals surface area contributed by atoms with Gasteiger partial charge in [-0.2, -0.15) is 5.10 Å². The number of ether oxygens (including phenoxy) is 1. The largest absolute Gasteiger partial charge is 0.497 e. The number of hydrogen-bond donors (Lipinski definition) is 3. The first kappa shape index (κ1) is 17.1. The number of aromatic amines is 1. The minimum atomic E-state index is 0.554. The monoisotopic (exact) mass is 335 g/mol. The summed E-state index contributed by atoms with van der Waals surface area (Å²) in [7, 11) is 1.63. The first-order chi connectivity index (χ1) is 11.2. The van der Waals surface area contributed by atoms with Gasteiger partial charge >= 0.3 is 0 Å². The molecule has 0 radical (unpaired) electrons. The molecule has 0 bridgehead atoms. The van der Waals surface area contributed by atoms with E-state index >= 15 is 0 Å². The average molecular weight is 336 g/mol. The van der Waals surface area contributed by atoms with Gasteiger partial charge < -0.3 is 15.4 Å². The number of benzene rings is 1. The van der Waals surface area contributed by atoms with E-state index in [0.717, 1.165) is 42.5 Å². The van der Waals surface area contributed by atoms with Crippen molar-refractivity contribution in [2.45, 2.75) is 19.9 Å². The van der Waals surface area contributed by atoms with Crippen LogP contribution in [0, 0.1) is 0 Å². The standard InChI is InChI=1S/C16H22ClN5O/c1-3-18-16(20-11-13-7-9-21-22-13)19-8-6-12-4-5-14(23-2)10-15(12)17/h4-5,7,9-10H,3,6,8,11H2,1-2H3,(H,21,22)(H2,18,19,20). The number of H-pyrrole nitrogens is 1. The second-order valence-corrected chi connectivity index (χ2v) is 5.32. The number of guanidine groups is 1. The maximum absolute atomic E-state index is 6.25. The van der Waals surface area contributed by atoms with Gasteiger partial charge in [-0.3, -0.25) is 5.10 Å². The van der Waals surface area contributed by atoms with Crippen LogP contribution < -0.4 is 15.4 Å². The van der Waals surface area contributed by atoms with E-state index in [0.29, 0.717) is 11.6 Å². The Bertz CT molecular complexity index is 627. The summed E-state index contributed by atoms with van der Waals surface area (Å²) in [6.07, 6.45) is 2.52. The van der Waals surface area contributed by atoms with Crippen LogP contribution in [0.15, 0.2) is 35.5 Å². The molecule has 1 aromatic carbocycles. The quantitative estimate of drug-likeness (QED) is 0.536. The third-order valence-corrected chi connectivity index (χ3v) is 3.61. The van der Waals surface area contributed by atoms with E-state index in [1.165, 1.54) is 0 Å². The van der Waals surface area contributed by atoms with Crippen molar-refractivity contribution in [2.24, 2.45) is 4.99 Å². The Morgan fingerprint density at radius 3 is 2.87 bits per heavy atom. The van der Waals surface area contributed by atoms with Crippen LogP contribution in [0.25, 0.3) is 0 Å². The molecule has 2 aromatic rings. The van der Waals surface area contributed by atoms with Gasteiger partial charge in [0.15, 0.2) is 5.96 Å². The second-order valence-electron chi connectivity index (χ2n) is 4.91. The minimum absolute atomic E-state index is 0.554. The number of aliphatic imine (C=N–C) groups is 1. The summed E-state index contributed by atoms with van der Waals surface area (Å²) in [5.41, 5.74) is 2.05. The molecule has 0 aliphatic heterocycles. The van der Waals surface area contributed by atoms with E-state index in [1.54, 1.807) is 13.3 Å². The van der Waals surface area contributed by atoms with E-state index in [9.17, 15) is 0 Å². The summed E-state index contributed by atoms with van der Waals surface area (Å²) < 4.78 is 5.15. The number of halogens is 1. The SMILES string of the molecule is CCNC(=NCc1ccn[nH]1)NCCc1ccc(OC)cc1Cl. The van der Waals surface area contributed by atoms with Crippen molar-refractivity contribution in [3.05, 3.63) is 46.7 Å². The summed E-state index contributed by atoms with van der Waals surface area (Å²) in [5, 5.41) is 14.0. The van der Waals surface area contributed by atoms with Crippen LogP contribution >= 0.6 is 11.6 Å². The van der Waals surface area contributed by atoms with E-state index in [-0.39, 0.29) is 0 Å². The maximum atomic E-state index is 6.25. The molecule has 0 amide bonds. The van der Waals surface area contributed by atoms with Crippen molar-refractivity contribution < 1.29 is 4.74 Å². The summed E-state index contributed by atoms with van der Waals surface area (Å²) in [6.45, 7) is 4.13. The third kappa shape index (κ3) is 5.49. The Kier molecular flexibility index (Phi) is 6.75. The van der Waals surface area contributed by atoms with Crippen LogP contribution in [0.4, 0.5) is 0 Å². The van der Waals surface area contributed by atoms with Gasteiger partial charge in [0.25, 0.3) is 0 Å². The lowest BCUT2D eigenvalue weighted by Gasteiger charge is -2.12. The zero-order chi connectivity index (χ0) is 16.5. The fourth-order valence-corrected chi connectivity index (χ4v) is 2.32. The summed E-state index contributed by atoms with van der Waals surface area (Å²) >= 11 is 6.25. The minimum Gasteiger partial charge on any atom is -0.497 e.